The number of nitrogens with zero attached hydrogens (tertiary/aromatic N) is 4. The number of esters is 1. The standard InChI is InChI=1S/C28H25FN6O6S/c1-3-41-27(38)18-7-11-20(12-8-18)31-25(36)16-42-28-33-32-24(34(28)21-13-9-19(29)10-14-21)15-30-26(37)22-5-4-6-23(17(22)2)35(39)40/h4-14H,3,15-16H2,1-2H3,(H,30,37)(H,31,36). The molecule has 0 saturated heterocycles. The van der Waals surface area contributed by atoms with Crippen molar-refractivity contribution in [3.63, 3.8) is 0 Å². The van der Waals surface area contributed by atoms with Gasteiger partial charge in [-0.1, -0.05) is 17.8 Å². The Balaban J connectivity index is 1.47. The third kappa shape index (κ3) is 7.14. The number of thioether (sulfide) groups is 1. The molecular formula is C28H25FN6O6S. The molecule has 4 aromatic rings. The number of nitro groups is 1. The molecule has 0 spiro atoms. The van der Waals surface area contributed by atoms with Gasteiger partial charge in [0.15, 0.2) is 11.0 Å². The molecule has 0 aliphatic heterocycles. The first-order valence-corrected chi connectivity index (χ1v) is 13.6. The summed E-state index contributed by atoms with van der Waals surface area (Å²) in [6, 6.07) is 16.0. The molecular weight excluding hydrogens is 567 g/mol. The van der Waals surface area contributed by atoms with Crippen molar-refractivity contribution >= 4 is 40.9 Å². The molecule has 216 valence electrons. The van der Waals surface area contributed by atoms with Crippen LogP contribution in [0.4, 0.5) is 15.8 Å². The van der Waals surface area contributed by atoms with Gasteiger partial charge in [0.2, 0.25) is 5.91 Å². The number of halogens is 1. The summed E-state index contributed by atoms with van der Waals surface area (Å²) in [7, 11) is 0. The average molecular weight is 593 g/mol. The first kappa shape index (κ1) is 29.9. The number of nitro benzene ring substituents is 1. The maximum atomic E-state index is 13.6. The number of benzene rings is 3. The van der Waals surface area contributed by atoms with Gasteiger partial charge in [-0.2, -0.15) is 0 Å². The first-order valence-electron chi connectivity index (χ1n) is 12.6. The van der Waals surface area contributed by atoms with Gasteiger partial charge in [0.25, 0.3) is 11.6 Å². The number of aromatic nitrogens is 3. The zero-order valence-electron chi connectivity index (χ0n) is 22.5. The van der Waals surface area contributed by atoms with E-state index in [1.165, 1.54) is 49.4 Å². The number of carbonyl (C=O) groups excluding carboxylic acids is 3. The van der Waals surface area contributed by atoms with E-state index >= 15 is 0 Å². The van der Waals surface area contributed by atoms with Gasteiger partial charge in [0.1, 0.15) is 5.82 Å². The molecule has 0 radical (unpaired) electrons. The van der Waals surface area contributed by atoms with Crippen LogP contribution in [0.1, 0.15) is 39.0 Å². The smallest absolute Gasteiger partial charge is 0.338 e. The van der Waals surface area contributed by atoms with Crippen LogP contribution < -0.4 is 10.6 Å². The minimum absolute atomic E-state index is 0.0573. The van der Waals surface area contributed by atoms with E-state index in [2.05, 4.69) is 20.8 Å². The highest BCUT2D eigenvalue weighted by Crippen LogP contribution is 2.24. The number of nitrogens with one attached hydrogen (secondary N) is 2. The van der Waals surface area contributed by atoms with Crippen molar-refractivity contribution in [3.05, 3.63) is 105 Å². The minimum atomic E-state index is -0.560. The van der Waals surface area contributed by atoms with E-state index < -0.39 is 22.6 Å². The van der Waals surface area contributed by atoms with Crippen molar-refractivity contribution in [2.24, 2.45) is 0 Å². The second-order valence-corrected chi connectivity index (χ2v) is 9.68. The zero-order chi connectivity index (χ0) is 30.2. The topological polar surface area (TPSA) is 158 Å². The predicted molar refractivity (Wildman–Crippen MR) is 152 cm³/mol. The molecule has 0 saturated carbocycles. The van der Waals surface area contributed by atoms with Crippen molar-refractivity contribution in [3.8, 4) is 5.69 Å². The number of anilines is 1. The van der Waals surface area contributed by atoms with E-state index in [0.717, 1.165) is 11.8 Å². The summed E-state index contributed by atoms with van der Waals surface area (Å²) in [5.74, 6) is -1.59. The molecule has 4 rings (SSSR count). The summed E-state index contributed by atoms with van der Waals surface area (Å²) in [4.78, 5) is 48.0. The Kier molecular flexibility index (Phi) is 9.60. The normalized spacial score (nSPS) is 10.6. The Morgan fingerprint density at radius 2 is 1.76 bits per heavy atom. The maximum absolute atomic E-state index is 13.6. The number of hydrogen-bond donors (Lipinski definition) is 2. The van der Waals surface area contributed by atoms with E-state index in [9.17, 15) is 28.9 Å². The molecule has 0 aliphatic carbocycles. The van der Waals surface area contributed by atoms with Crippen LogP contribution in [-0.4, -0.2) is 49.8 Å². The van der Waals surface area contributed by atoms with Crippen molar-refractivity contribution in [1.29, 1.82) is 0 Å². The third-order valence-electron chi connectivity index (χ3n) is 5.95. The van der Waals surface area contributed by atoms with Gasteiger partial charge >= 0.3 is 5.97 Å². The van der Waals surface area contributed by atoms with Crippen LogP contribution >= 0.6 is 11.8 Å². The van der Waals surface area contributed by atoms with Gasteiger partial charge in [0, 0.05) is 28.6 Å². The number of amides is 2. The molecule has 0 bridgehead atoms. The predicted octanol–water partition coefficient (Wildman–Crippen LogP) is 4.46. The number of hydrogen-bond acceptors (Lipinski definition) is 9. The lowest BCUT2D eigenvalue weighted by molar-refractivity contribution is -0.385. The summed E-state index contributed by atoms with van der Waals surface area (Å²) >= 11 is 1.07. The summed E-state index contributed by atoms with van der Waals surface area (Å²) < 4.78 is 20.2. The van der Waals surface area contributed by atoms with Crippen molar-refractivity contribution in [2.75, 3.05) is 17.7 Å². The molecule has 1 aromatic heterocycles. The van der Waals surface area contributed by atoms with E-state index in [1.54, 1.807) is 35.8 Å². The van der Waals surface area contributed by atoms with Crippen LogP contribution in [0.2, 0.25) is 0 Å². The zero-order valence-corrected chi connectivity index (χ0v) is 23.3. The van der Waals surface area contributed by atoms with Gasteiger partial charge < -0.3 is 15.4 Å². The third-order valence-corrected chi connectivity index (χ3v) is 6.88. The lowest BCUT2D eigenvalue weighted by Gasteiger charge is -2.12. The lowest BCUT2D eigenvalue weighted by atomic mass is 10.1. The maximum Gasteiger partial charge on any atom is 0.338 e. The highest BCUT2D eigenvalue weighted by molar-refractivity contribution is 7.99. The van der Waals surface area contributed by atoms with Crippen molar-refractivity contribution in [2.45, 2.75) is 25.5 Å². The molecule has 3 aromatic carbocycles. The van der Waals surface area contributed by atoms with Gasteiger partial charge in [-0.15, -0.1) is 10.2 Å². The summed E-state index contributed by atoms with van der Waals surface area (Å²) in [6.45, 7) is 3.34. The highest BCUT2D eigenvalue weighted by Gasteiger charge is 2.20. The van der Waals surface area contributed by atoms with E-state index in [1.807, 2.05) is 0 Å². The van der Waals surface area contributed by atoms with Gasteiger partial charge in [-0.05, 0) is 68.4 Å². The highest BCUT2D eigenvalue weighted by atomic mass is 32.2. The van der Waals surface area contributed by atoms with E-state index in [4.69, 9.17) is 4.74 Å². The Morgan fingerprint density at radius 1 is 1.05 bits per heavy atom. The quantitative estimate of drug-likeness (QED) is 0.111. The summed E-state index contributed by atoms with van der Waals surface area (Å²) in [5, 5.41) is 25.3. The largest absolute Gasteiger partial charge is 0.462 e. The van der Waals surface area contributed by atoms with Crippen molar-refractivity contribution in [1.82, 2.24) is 20.1 Å². The Hall–Kier alpha value is -5.11. The number of rotatable bonds is 11. The molecule has 0 unspecified atom stereocenters. The van der Waals surface area contributed by atoms with Gasteiger partial charge in [0.05, 0.1) is 29.4 Å². The molecule has 0 fully saturated rings. The number of carbonyl (C=O) groups is 3. The fourth-order valence-electron chi connectivity index (χ4n) is 3.91. The fraction of sp³-hybridized carbons (Fsp3) is 0.179. The summed E-state index contributed by atoms with van der Waals surface area (Å²) in [6.07, 6.45) is 0. The second-order valence-electron chi connectivity index (χ2n) is 8.73. The van der Waals surface area contributed by atoms with E-state index in [0.29, 0.717) is 22.1 Å². The molecule has 42 heavy (non-hydrogen) atoms. The fourth-order valence-corrected chi connectivity index (χ4v) is 4.68. The summed E-state index contributed by atoms with van der Waals surface area (Å²) in [5.41, 5.74) is 1.51. The molecule has 0 aliphatic rings. The van der Waals surface area contributed by atoms with Crippen LogP contribution in [0, 0.1) is 22.9 Å². The Bertz CT molecular complexity index is 1630. The van der Waals surface area contributed by atoms with E-state index in [-0.39, 0.29) is 47.5 Å². The Morgan fingerprint density at radius 3 is 2.43 bits per heavy atom. The van der Waals surface area contributed by atoms with Crippen molar-refractivity contribution < 1.29 is 28.4 Å². The van der Waals surface area contributed by atoms with Crippen LogP contribution in [0.5, 0.6) is 0 Å². The van der Waals surface area contributed by atoms with Crippen LogP contribution in [0.3, 0.4) is 0 Å². The average Bonchev–Trinajstić information content (AvgIpc) is 3.38. The molecule has 0 atom stereocenters. The molecule has 1 heterocycles. The molecule has 2 amide bonds. The molecule has 2 N–H and O–H groups in total. The van der Waals surface area contributed by atoms with Crippen LogP contribution in [-0.2, 0) is 16.1 Å². The number of ether oxygens (including phenoxy) is 1. The lowest BCUT2D eigenvalue weighted by Crippen LogP contribution is -2.25. The van der Waals surface area contributed by atoms with Crippen LogP contribution in [0.25, 0.3) is 5.69 Å². The SMILES string of the molecule is CCOC(=O)c1ccc(NC(=O)CSc2nnc(CNC(=O)c3cccc([N+](=O)[O-])c3C)n2-c2ccc(F)cc2)cc1. The first-order chi connectivity index (χ1) is 20.2. The molecule has 14 heteroatoms. The van der Waals surface area contributed by atoms with Gasteiger partial charge in [-0.3, -0.25) is 24.3 Å². The minimum Gasteiger partial charge on any atom is -0.462 e. The Labute approximate surface area is 243 Å². The second kappa shape index (κ2) is 13.5. The van der Waals surface area contributed by atoms with Gasteiger partial charge in [-0.25, -0.2) is 9.18 Å². The monoisotopic (exact) mass is 592 g/mol. The molecule has 12 nitrogen and oxygen atoms in total. The van der Waals surface area contributed by atoms with Crippen LogP contribution in [0.15, 0.2) is 71.9 Å².